The number of unbranched alkanes of at least 4 members (excludes halogenated alkanes) is 2. The van der Waals surface area contributed by atoms with Gasteiger partial charge in [0.1, 0.15) is 23.1 Å². The first-order valence-electron chi connectivity index (χ1n) is 20.2. The summed E-state index contributed by atoms with van der Waals surface area (Å²) in [7, 11) is 0. The average molecular weight is 734 g/mol. The second kappa shape index (κ2) is 19.1. The van der Waals surface area contributed by atoms with E-state index in [4.69, 9.17) is 14.5 Å². The van der Waals surface area contributed by atoms with Crippen LogP contribution >= 0.6 is 0 Å². The highest BCUT2D eigenvalue weighted by molar-refractivity contribution is 6.07. The second-order valence-corrected chi connectivity index (χ2v) is 14.5. The van der Waals surface area contributed by atoms with E-state index in [1.165, 1.54) is 38.5 Å². The number of aromatic amines is 2. The van der Waals surface area contributed by atoms with Crippen LogP contribution in [0.15, 0.2) is 97.3 Å². The standard InChI is InChI=1S/C48H55N5O2/c1-6-10-16-34(8-3)31-54-38-24-20-36(21-25-38)46-43-44(48(53-46)40(30-49)42-19-13-15-29-51-42)47(52-45(43)33(5)41-18-12-14-28-50-41)37-22-26-39(27-23-37)55-32-35(9-4)17-11-7-2/h12-15,18-29,34-35,52-53H,6-11,16-17,31-32H2,1-5H3. The number of pyridine rings is 2. The van der Waals surface area contributed by atoms with E-state index in [2.05, 4.69) is 104 Å². The summed E-state index contributed by atoms with van der Waals surface area (Å²) in [6.45, 7) is 12.5. The molecule has 0 radical (unpaired) electrons. The van der Waals surface area contributed by atoms with Gasteiger partial charge in [0.15, 0.2) is 0 Å². The molecule has 2 N–H and O–H groups in total. The van der Waals surface area contributed by atoms with Gasteiger partial charge in [0.2, 0.25) is 0 Å². The highest BCUT2D eigenvalue weighted by Gasteiger charge is 2.22. The summed E-state index contributed by atoms with van der Waals surface area (Å²) in [6.07, 6.45) is 13.0. The van der Waals surface area contributed by atoms with Crippen LogP contribution in [0.25, 0.3) is 44.4 Å². The van der Waals surface area contributed by atoms with Gasteiger partial charge in [0, 0.05) is 23.2 Å². The van der Waals surface area contributed by atoms with Gasteiger partial charge in [-0.2, -0.15) is 5.26 Å². The second-order valence-electron chi connectivity index (χ2n) is 14.5. The van der Waals surface area contributed by atoms with Gasteiger partial charge in [0.05, 0.1) is 46.7 Å². The molecule has 0 fully saturated rings. The smallest absolute Gasteiger partial charge is 0.119 e. The number of rotatable bonds is 18. The van der Waals surface area contributed by atoms with Crippen molar-refractivity contribution in [1.82, 2.24) is 19.9 Å². The molecule has 0 aliphatic heterocycles. The van der Waals surface area contributed by atoms with Crippen molar-refractivity contribution in [2.75, 3.05) is 13.2 Å². The Hall–Kier alpha value is -5.61. The Morgan fingerprint density at radius 1 is 0.636 bits per heavy atom. The van der Waals surface area contributed by atoms with E-state index in [1.54, 1.807) is 6.20 Å². The molecule has 55 heavy (non-hydrogen) atoms. The van der Waals surface area contributed by atoms with Crippen LogP contribution < -0.4 is 20.2 Å². The number of hydrogen-bond acceptors (Lipinski definition) is 5. The molecule has 7 nitrogen and oxygen atoms in total. The molecule has 0 amide bonds. The number of H-pyrrole nitrogens is 2. The Bertz CT molecular complexity index is 2220. The predicted octanol–water partition coefficient (Wildman–Crippen LogP) is 10.8. The van der Waals surface area contributed by atoms with Gasteiger partial charge in [-0.25, -0.2) is 0 Å². The molecule has 2 atom stereocenters. The molecule has 2 unspecified atom stereocenters. The quantitative estimate of drug-likeness (QED) is 0.0916. The lowest BCUT2D eigenvalue weighted by Crippen LogP contribution is -2.12. The van der Waals surface area contributed by atoms with Crippen LogP contribution in [0.3, 0.4) is 0 Å². The Morgan fingerprint density at radius 2 is 1.11 bits per heavy atom. The van der Waals surface area contributed by atoms with Gasteiger partial charge in [-0.15, -0.1) is 0 Å². The maximum atomic E-state index is 10.8. The largest absolute Gasteiger partial charge is 0.493 e. The molecule has 2 aromatic carbocycles. The van der Waals surface area contributed by atoms with E-state index in [-0.39, 0.29) is 0 Å². The molecule has 0 saturated carbocycles. The molecule has 284 valence electrons. The van der Waals surface area contributed by atoms with Gasteiger partial charge in [0.25, 0.3) is 0 Å². The number of aromatic nitrogens is 4. The summed E-state index contributed by atoms with van der Waals surface area (Å²) in [5.41, 5.74) is 6.71. The lowest BCUT2D eigenvalue weighted by atomic mass is 10.0. The maximum Gasteiger partial charge on any atom is 0.119 e. The first-order valence-corrected chi connectivity index (χ1v) is 20.2. The van der Waals surface area contributed by atoms with Crippen LogP contribution in [0.1, 0.15) is 97.4 Å². The van der Waals surface area contributed by atoms with E-state index in [9.17, 15) is 5.26 Å². The van der Waals surface area contributed by atoms with Gasteiger partial charge >= 0.3 is 0 Å². The van der Waals surface area contributed by atoms with Crippen LogP contribution in [-0.4, -0.2) is 33.1 Å². The van der Waals surface area contributed by atoms with Crippen LogP contribution in [0.5, 0.6) is 11.5 Å². The fraction of sp³-hybridized carbons (Fsp3) is 0.354. The molecular weight excluding hydrogens is 679 g/mol. The van der Waals surface area contributed by atoms with Gasteiger partial charge in [-0.1, -0.05) is 78.4 Å². The summed E-state index contributed by atoms with van der Waals surface area (Å²) in [4.78, 5) is 16.9. The van der Waals surface area contributed by atoms with Crippen LogP contribution in [0.2, 0.25) is 0 Å². The van der Waals surface area contributed by atoms with Crippen LogP contribution in [0.4, 0.5) is 0 Å². The molecule has 4 aromatic heterocycles. The molecule has 6 rings (SSSR count). The normalized spacial score (nSPS) is 13.6. The van der Waals surface area contributed by atoms with Gasteiger partial charge in [-0.05, 0) is 121 Å². The first-order chi connectivity index (χ1) is 27.0. The number of fused-ring (bicyclic) bond motifs is 1. The minimum atomic E-state index is 0.467. The Kier molecular flexibility index (Phi) is 13.6. The number of benzene rings is 2. The van der Waals surface area contributed by atoms with E-state index < -0.39 is 0 Å². The van der Waals surface area contributed by atoms with Crippen molar-refractivity contribution in [1.29, 1.82) is 5.26 Å². The topological polar surface area (TPSA) is 99.6 Å². The summed E-state index contributed by atoms with van der Waals surface area (Å²) < 4.78 is 12.6. The number of nitrogens with zero attached hydrogens (tertiary/aromatic N) is 3. The summed E-state index contributed by atoms with van der Waals surface area (Å²) in [6, 6.07) is 30.8. The monoisotopic (exact) mass is 733 g/mol. The predicted molar refractivity (Wildman–Crippen MR) is 225 cm³/mol. The lowest BCUT2D eigenvalue weighted by Gasteiger charge is -2.15. The van der Waals surface area contributed by atoms with E-state index in [0.29, 0.717) is 41.7 Å². The molecule has 4 heterocycles. The van der Waals surface area contributed by atoms with Gasteiger partial charge < -0.3 is 19.4 Å². The average Bonchev–Trinajstić information content (AvgIpc) is 3.82. The zero-order valence-electron chi connectivity index (χ0n) is 33.1. The van der Waals surface area contributed by atoms with Crippen molar-refractivity contribution in [3.63, 3.8) is 0 Å². The molecule has 7 heteroatoms. The molecule has 0 bridgehead atoms. The number of nitriles is 1. The van der Waals surface area contributed by atoms with Gasteiger partial charge in [-0.3, -0.25) is 9.97 Å². The van der Waals surface area contributed by atoms with Crippen molar-refractivity contribution in [2.24, 2.45) is 11.8 Å². The summed E-state index contributed by atoms with van der Waals surface area (Å²) >= 11 is 0. The molecule has 0 saturated heterocycles. The Balaban J connectivity index is 1.53. The van der Waals surface area contributed by atoms with Crippen LogP contribution in [0, 0.1) is 23.2 Å². The third kappa shape index (κ3) is 9.20. The van der Waals surface area contributed by atoms with Crippen molar-refractivity contribution in [3.05, 3.63) is 119 Å². The summed E-state index contributed by atoms with van der Waals surface area (Å²) in [5.74, 6) is 2.79. The number of hydrogen-bond donors (Lipinski definition) is 2. The fourth-order valence-electron chi connectivity index (χ4n) is 7.28. The van der Waals surface area contributed by atoms with E-state index >= 15 is 0 Å². The first kappa shape index (κ1) is 39.1. The minimum absolute atomic E-state index is 0.467. The minimum Gasteiger partial charge on any atom is -0.493 e. The van der Waals surface area contributed by atoms with Crippen LogP contribution in [-0.2, 0) is 0 Å². The zero-order valence-corrected chi connectivity index (χ0v) is 33.1. The lowest BCUT2D eigenvalue weighted by molar-refractivity contribution is 0.233. The molecule has 6 aromatic rings. The Morgan fingerprint density at radius 3 is 1.55 bits per heavy atom. The maximum absolute atomic E-state index is 10.8. The molecule has 0 spiro atoms. The van der Waals surface area contributed by atoms with Crippen molar-refractivity contribution >= 4 is 21.9 Å². The molecule has 0 aliphatic carbocycles. The summed E-state index contributed by atoms with van der Waals surface area (Å²) in [5, 5.41) is 14.3. The highest BCUT2D eigenvalue weighted by Crippen LogP contribution is 2.33. The fourth-order valence-corrected chi connectivity index (χ4v) is 7.28. The van der Waals surface area contributed by atoms with E-state index in [1.807, 2.05) is 42.6 Å². The third-order valence-corrected chi connectivity index (χ3v) is 10.8. The van der Waals surface area contributed by atoms with Crippen molar-refractivity contribution < 1.29 is 9.47 Å². The third-order valence-electron chi connectivity index (χ3n) is 10.8. The molecular formula is C48H55N5O2. The van der Waals surface area contributed by atoms with E-state index in [0.717, 1.165) is 74.2 Å². The number of nitrogens with one attached hydrogen (secondary N) is 2. The Labute approximate surface area is 326 Å². The van der Waals surface area contributed by atoms with Crippen molar-refractivity contribution in [2.45, 2.75) is 86.0 Å². The SMILES string of the molecule is CCCCC(CC)COc1ccc(-c2[nH]c(=C(C#N)c3ccccn3)c3c(-c4ccc(OCC(CC)CCCC)cc4)[nH]c(=C(C)c4ccccn4)c23)cc1. The number of ether oxygens (including phenoxy) is 2. The zero-order chi connectivity index (χ0) is 38.6. The van der Waals surface area contributed by atoms with Crippen molar-refractivity contribution in [3.8, 4) is 40.1 Å². The highest BCUT2D eigenvalue weighted by atomic mass is 16.5. The molecule has 0 aliphatic rings.